The molecule has 2 rings (SSSR count). The van der Waals surface area contributed by atoms with Crippen molar-refractivity contribution in [3.63, 3.8) is 0 Å². The van der Waals surface area contributed by atoms with Gasteiger partial charge in [-0.15, -0.1) is 0 Å². The van der Waals surface area contributed by atoms with E-state index in [1.807, 2.05) is 0 Å². The summed E-state index contributed by atoms with van der Waals surface area (Å²) in [5.41, 5.74) is 1.16. The summed E-state index contributed by atoms with van der Waals surface area (Å²) < 4.78 is 22.9. The van der Waals surface area contributed by atoms with Crippen LogP contribution in [0.4, 0.5) is 0 Å². The molecule has 1 aliphatic heterocycles. The largest absolute Gasteiger partial charge is 0.350 e. The van der Waals surface area contributed by atoms with Gasteiger partial charge in [-0.25, -0.2) is 8.42 Å². The molecular formula is C20H32N2O3S. The maximum Gasteiger partial charge on any atom is 0.251 e. The molecule has 1 aliphatic rings. The number of benzene rings is 1. The molecule has 0 bridgehead atoms. The third-order valence-electron chi connectivity index (χ3n) is 5.15. The van der Waals surface area contributed by atoms with E-state index in [2.05, 4.69) is 31.0 Å². The first-order valence-corrected chi connectivity index (χ1v) is 11.5. The van der Waals surface area contributed by atoms with Crippen LogP contribution in [0.3, 0.4) is 0 Å². The lowest BCUT2D eigenvalue weighted by Gasteiger charge is -2.38. The van der Waals surface area contributed by atoms with Crippen molar-refractivity contribution in [1.29, 1.82) is 0 Å². The zero-order valence-electron chi connectivity index (χ0n) is 16.4. The van der Waals surface area contributed by atoms with E-state index in [-0.39, 0.29) is 11.7 Å². The van der Waals surface area contributed by atoms with Crippen LogP contribution in [0.15, 0.2) is 24.3 Å². The molecule has 0 aliphatic carbocycles. The fraction of sp³-hybridized carbons (Fsp3) is 0.650. The van der Waals surface area contributed by atoms with Crippen LogP contribution < -0.4 is 5.32 Å². The van der Waals surface area contributed by atoms with Gasteiger partial charge in [0.25, 0.3) is 5.91 Å². The second kappa shape index (κ2) is 9.00. The van der Waals surface area contributed by atoms with Crippen molar-refractivity contribution in [2.24, 2.45) is 11.8 Å². The van der Waals surface area contributed by atoms with Crippen LogP contribution in [-0.2, 0) is 15.6 Å². The van der Waals surface area contributed by atoms with Gasteiger partial charge in [-0.05, 0) is 55.5 Å². The number of sulfone groups is 1. The van der Waals surface area contributed by atoms with Gasteiger partial charge < -0.3 is 5.32 Å². The molecule has 26 heavy (non-hydrogen) atoms. The topological polar surface area (TPSA) is 66.5 Å². The molecule has 0 aromatic heterocycles. The lowest BCUT2D eigenvalue weighted by Crippen LogP contribution is -2.49. The van der Waals surface area contributed by atoms with Crippen LogP contribution in [0.25, 0.3) is 0 Å². The second-order valence-electron chi connectivity index (χ2n) is 8.01. The number of amides is 1. The van der Waals surface area contributed by atoms with Gasteiger partial charge in [0, 0.05) is 24.4 Å². The van der Waals surface area contributed by atoms with Crippen molar-refractivity contribution in [3.05, 3.63) is 35.4 Å². The molecule has 5 nitrogen and oxygen atoms in total. The van der Waals surface area contributed by atoms with E-state index in [9.17, 15) is 13.2 Å². The Morgan fingerprint density at radius 2 is 1.92 bits per heavy atom. The molecule has 1 N–H and O–H groups in total. The Morgan fingerprint density at radius 1 is 1.27 bits per heavy atom. The average molecular weight is 381 g/mol. The Hall–Kier alpha value is -1.40. The number of hydrogen-bond acceptors (Lipinski definition) is 4. The highest BCUT2D eigenvalue weighted by molar-refractivity contribution is 7.89. The molecule has 1 saturated heterocycles. The summed E-state index contributed by atoms with van der Waals surface area (Å²) in [4.78, 5) is 15.0. The molecule has 0 radical (unpaired) electrons. The maximum absolute atomic E-state index is 12.5. The summed E-state index contributed by atoms with van der Waals surface area (Å²) >= 11 is 0. The molecular weight excluding hydrogens is 348 g/mol. The molecule has 1 heterocycles. The normalized spacial score (nSPS) is 18.0. The molecule has 0 spiro atoms. The van der Waals surface area contributed by atoms with Crippen molar-refractivity contribution in [1.82, 2.24) is 10.2 Å². The van der Waals surface area contributed by atoms with Crippen LogP contribution in [0.2, 0.25) is 0 Å². The summed E-state index contributed by atoms with van der Waals surface area (Å²) in [5.74, 6) is 1.05. The van der Waals surface area contributed by atoms with Crippen molar-refractivity contribution >= 4 is 15.7 Å². The Morgan fingerprint density at radius 3 is 2.50 bits per heavy atom. The van der Waals surface area contributed by atoms with Gasteiger partial charge in [0.05, 0.1) is 5.75 Å². The lowest BCUT2D eigenvalue weighted by atomic mass is 9.94. The summed E-state index contributed by atoms with van der Waals surface area (Å²) in [6, 6.07) is 7.20. The van der Waals surface area contributed by atoms with Crippen molar-refractivity contribution in [2.75, 3.05) is 25.9 Å². The molecule has 6 heteroatoms. The van der Waals surface area contributed by atoms with Crippen LogP contribution in [-0.4, -0.2) is 51.2 Å². The van der Waals surface area contributed by atoms with Gasteiger partial charge >= 0.3 is 0 Å². The van der Waals surface area contributed by atoms with Gasteiger partial charge in [0.1, 0.15) is 0 Å². The number of nitrogens with zero attached hydrogens (tertiary/aromatic N) is 1. The standard InChI is InChI=1S/C20H32N2O3S/c1-15(2)19(22-10-8-16(3)9-11-22)13-21-20(23)18-7-5-6-17(12-18)14-26(4,24)25/h5-7,12,15-16,19H,8-11,13-14H2,1-4H3,(H,21,23)/t19-/m0/s1. The van der Waals surface area contributed by atoms with E-state index in [1.54, 1.807) is 24.3 Å². The quantitative estimate of drug-likeness (QED) is 0.790. The summed E-state index contributed by atoms with van der Waals surface area (Å²) in [6.07, 6.45) is 3.63. The average Bonchev–Trinajstić information content (AvgIpc) is 2.55. The highest BCUT2D eigenvalue weighted by Crippen LogP contribution is 2.21. The van der Waals surface area contributed by atoms with E-state index < -0.39 is 9.84 Å². The second-order valence-corrected chi connectivity index (χ2v) is 10.2. The van der Waals surface area contributed by atoms with Gasteiger partial charge in [-0.3, -0.25) is 9.69 Å². The number of carbonyl (C=O) groups is 1. The van der Waals surface area contributed by atoms with Crippen molar-refractivity contribution in [3.8, 4) is 0 Å². The van der Waals surface area contributed by atoms with E-state index in [1.165, 1.54) is 19.1 Å². The first-order valence-electron chi connectivity index (χ1n) is 9.44. The van der Waals surface area contributed by atoms with E-state index in [0.29, 0.717) is 29.6 Å². The highest BCUT2D eigenvalue weighted by Gasteiger charge is 2.26. The van der Waals surface area contributed by atoms with E-state index in [0.717, 1.165) is 19.0 Å². The number of nitrogens with one attached hydrogen (secondary N) is 1. The van der Waals surface area contributed by atoms with E-state index in [4.69, 9.17) is 0 Å². The molecule has 1 atom stereocenters. The minimum absolute atomic E-state index is 0.0469. The molecule has 1 aromatic rings. The molecule has 0 unspecified atom stereocenters. The summed E-state index contributed by atoms with van der Waals surface area (Å²) in [6.45, 7) is 9.48. The highest BCUT2D eigenvalue weighted by atomic mass is 32.2. The van der Waals surface area contributed by atoms with Crippen LogP contribution in [0, 0.1) is 11.8 Å². The third kappa shape index (κ3) is 6.40. The predicted octanol–water partition coefficient (Wildman–Crippen LogP) is 2.72. The maximum atomic E-state index is 12.5. The van der Waals surface area contributed by atoms with Gasteiger partial charge in [0.15, 0.2) is 9.84 Å². The van der Waals surface area contributed by atoms with E-state index >= 15 is 0 Å². The summed E-state index contributed by atoms with van der Waals surface area (Å²) in [7, 11) is -3.11. The minimum Gasteiger partial charge on any atom is -0.350 e. The van der Waals surface area contributed by atoms with Crippen molar-refractivity contribution in [2.45, 2.75) is 45.4 Å². The monoisotopic (exact) mass is 380 g/mol. The van der Waals surface area contributed by atoms with Gasteiger partial charge in [-0.1, -0.05) is 32.9 Å². The summed E-state index contributed by atoms with van der Waals surface area (Å²) in [5, 5.41) is 3.05. The number of piperidine rings is 1. The van der Waals surface area contributed by atoms with Crippen LogP contribution in [0.1, 0.15) is 49.5 Å². The SMILES string of the molecule is CC1CCN([C@@H](CNC(=O)c2cccc(CS(C)(=O)=O)c2)C(C)C)CC1. The van der Waals surface area contributed by atoms with Crippen LogP contribution >= 0.6 is 0 Å². The smallest absolute Gasteiger partial charge is 0.251 e. The van der Waals surface area contributed by atoms with Gasteiger partial charge in [-0.2, -0.15) is 0 Å². The Bertz CT molecular complexity index is 708. The first kappa shape index (κ1) is 20.9. The first-order chi connectivity index (χ1) is 12.2. The fourth-order valence-corrected chi connectivity index (χ4v) is 4.34. The molecule has 1 fully saturated rings. The molecule has 1 amide bonds. The number of carbonyl (C=O) groups excluding carboxylic acids is 1. The third-order valence-corrected chi connectivity index (χ3v) is 6.00. The zero-order chi connectivity index (χ0) is 19.3. The van der Waals surface area contributed by atoms with Gasteiger partial charge in [0.2, 0.25) is 0 Å². The minimum atomic E-state index is -3.11. The Balaban J connectivity index is 1.98. The fourth-order valence-electron chi connectivity index (χ4n) is 3.55. The number of hydrogen-bond donors (Lipinski definition) is 1. The Labute approximate surface area is 158 Å². The Kier molecular flexibility index (Phi) is 7.24. The lowest BCUT2D eigenvalue weighted by molar-refractivity contribution is 0.0863. The zero-order valence-corrected chi connectivity index (χ0v) is 17.2. The number of likely N-dealkylation sites (tertiary alicyclic amines) is 1. The number of rotatable bonds is 7. The molecule has 146 valence electrons. The molecule has 1 aromatic carbocycles. The predicted molar refractivity (Wildman–Crippen MR) is 106 cm³/mol. The molecule has 0 saturated carbocycles. The van der Waals surface area contributed by atoms with Crippen molar-refractivity contribution < 1.29 is 13.2 Å². The van der Waals surface area contributed by atoms with Crippen LogP contribution in [0.5, 0.6) is 0 Å².